The molecule has 90 valence electrons. The molecule has 1 aromatic rings. The Hall–Kier alpha value is -0.940. The standard InChI is InChI=1S/C11H21N5/c1-9-4-3-5-10(6-12)16(9)7-11-13-8-14-15(11)2/h8-10H,3-7,12H2,1-2H3. The van der Waals surface area contributed by atoms with Crippen LogP contribution in [0.4, 0.5) is 0 Å². The molecule has 2 heterocycles. The molecule has 2 rings (SSSR count). The molecule has 0 amide bonds. The fourth-order valence-electron chi connectivity index (χ4n) is 2.51. The Labute approximate surface area is 96.6 Å². The highest BCUT2D eigenvalue weighted by Gasteiger charge is 2.27. The summed E-state index contributed by atoms with van der Waals surface area (Å²) < 4.78 is 1.84. The van der Waals surface area contributed by atoms with Gasteiger partial charge in [0.25, 0.3) is 0 Å². The molecule has 1 saturated heterocycles. The Morgan fingerprint density at radius 1 is 1.50 bits per heavy atom. The summed E-state index contributed by atoms with van der Waals surface area (Å²) in [7, 11) is 1.94. The van der Waals surface area contributed by atoms with E-state index in [0.29, 0.717) is 12.1 Å². The molecular formula is C11H21N5. The maximum absolute atomic E-state index is 5.84. The molecule has 0 radical (unpaired) electrons. The van der Waals surface area contributed by atoms with E-state index in [0.717, 1.165) is 18.9 Å². The van der Waals surface area contributed by atoms with Gasteiger partial charge in [0, 0.05) is 25.7 Å². The fraction of sp³-hybridized carbons (Fsp3) is 0.818. The van der Waals surface area contributed by atoms with Crippen LogP contribution >= 0.6 is 0 Å². The molecule has 2 unspecified atom stereocenters. The van der Waals surface area contributed by atoms with Crippen molar-refractivity contribution in [3.63, 3.8) is 0 Å². The molecule has 2 N–H and O–H groups in total. The van der Waals surface area contributed by atoms with Crippen molar-refractivity contribution in [2.45, 2.75) is 44.8 Å². The van der Waals surface area contributed by atoms with Gasteiger partial charge in [-0.25, -0.2) is 4.98 Å². The molecule has 1 aliphatic heterocycles. The molecule has 5 nitrogen and oxygen atoms in total. The Morgan fingerprint density at radius 2 is 2.31 bits per heavy atom. The molecule has 1 aliphatic rings. The van der Waals surface area contributed by atoms with Gasteiger partial charge in [0.15, 0.2) is 0 Å². The maximum atomic E-state index is 5.84. The van der Waals surface area contributed by atoms with Crippen molar-refractivity contribution < 1.29 is 0 Å². The summed E-state index contributed by atoms with van der Waals surface area (Å²) in [5.41, 5.74) is 5.84. The number of nitrogens with zero attached hydrogens (tertiary/aromatic N) is 4. The highest BCUT2D eigenvalue weighted by atomic mass is 15.3. The van der Waals surface area contributed by atoms with Crippen LogP contribution in [-0.2, 0) is 13.6 Å². The van der Waals surface area contributed by atoms with E-state index >= 15 is 0 Å². The average Bonchev–Trinajstić information content (AvgIpc) is 2.67. The van der Waals surface area contributed by atoms with Gasteiger partial charge in [0.1, 0.15) is 12.2 Å². The van der Waals surface area contributed by atoms with Gasteiger partial charge >= 0.3 is 0 Å². The lowest BCUT2D eigenvalue weighted by molar-refractivity contribution is 0.0850. The number of piperidine rings is 1. The number of nitrogens with two attached hydrogens (primary N) is 1. The summed E-state index contributed by atoms with van der Waals surface area (Å²) in [6.45, 7) is 3.87. The molecule has 2 atom stereocenters. The second-order valence-electron chi connectivity index (χ2n) is 4.64. The fourth-order valence-corrected chi connectivity index (χ4v) is 2.51. The first-order valence-corrected chi connectivity index (χ1v) is 6.01. The first-order chi connectivity index (χ1) is 7.72. The van der Waals surface area contributed by atoms with Gasteiger partial charge in [-0.2, -0.15) is 5.10 Å². The number of hydrogen-bond acceptors (Lipinski definition) is 4. The maximum Gasteiger partial charge on any atom is 0.140 e. The molecule has 0 bridgehead atoms. The van der Waals surface area contributed by atoms with Crippen LogP contribution in [0.1, 0.15) is 32.0 Å². The summed E-state index contributed by atoms with van der Waals surface area (Å²) in [5, 5.41) is 4.11. The third kappa shape index (κ3) is 2.25. The van der Waals surface area contributed by atoms with Crippen LogP contribution in [0.5, 0.6) is 0 Å². The van der Waals surface area contributed by atoms with Crippen LogP contribution < -0.4 is 5.73 Å². The van der Waals surface area contributed by atoms with Crippen LogP contribution in [0.25, 0.3) is 0 Å². The molecule has 1 fully saturated rings. The largest absolute Gasteiger partial charge is 0.329 e. The van der Waals surface area contributed by atoms with Gasteiger partial charge in [-0.3, -0.25) is 9.58 Å². The van der Waals surface area contributed by atoms with Crippen LogP contribution in [0.2, 0.25) is 0 Å². The summed E-state index contributed by atoms with van der Waals surface area (Å²) in [5.74, 6) is 1.02. The van der Waals surface area contributed by atoms with Gasteiger partial charge < -0.3 is 5.73 Å². The average molecular weight is 223 g/mol. The summed E-state index contributed by atoms with van der Waals surface area (Å²) in [6, 6.07) is 1.10. The van der Waals surface area contributed by atoms with Crippen molar-refractivity contribution in [3.05, 3.63) is 12.2 Å². The molecule has 0 saturated carbocycles. The monoisotopic (exact) mass is 223 g/mol. The van der Waals surface area contributed by atoms with E-state index in [2.05, 4.69) is 21.9 Å². The Bertz CT molecular complexity index is 335. The quantitative estimate of drug-likeness (QED) is 0.811. The minimum absolute atomic E-state index is 0.500. The minimum Gasteiger partial charge on any atom is -0.329 e. The van der Waals surface area contributed by atoms with Gasteiger partial charge in [-0.15, -0.1) is 0 Å². The smallest absolute Gasteiger partial charge is 0.140 e. The molecule has 0 spiro atoms. The second-order valence-corrected chi connectivity index (χ2v) is 4.64. The molecule has 1 aromatic heterocycles. The zero-order valence-corrected chi connectivity index (χ0v) is 10.1. The third-order valence-electron chi connectivity index (χ3n) is 3.60. The first-order valence-electron chi connectivity index (χ1n) is 6.01. The topological polar surface area (TPSA) is 60.0 Å². The van der Waals surface area contributed by atoms with Crippen LogP contribution in [0.3, 0.4) is 0 Å². The zero-order chi connectivity index (χ0) is 11.5. The van der Waals surface area contributed by atoms with E-state index in [4.69, 9.17) is 5.73 Å². The lowest BCUT2D eigenvalue weighted by Gasteiger charge is -2.39. The summed E-state index contributed by atoms with van der Waals surface area (Å²) in [6.07, 6.45) is 5.37. The van der Waals surface area contributed by atoms with Crippen LogP contribution in [0.15, 0.2) is 6.33 Å². The lowest BCUT2D eigenvalue weighted by atomic mass is 9.96. The van der Waals surface area contributed by atoms with Crippen molar-refractivity contribution in [1.29, 1.82) is 0 Å². The Morgan fingerprint density at radius 3 is 2.94 bits per heavy atom. The number of aryl methyl sites for hydroxylation is 1. The summed E-state index contributed by atoms with van der Waals surface area (Å²) >= 11 is 0. The van der Waals surface area contributed by atoms with Crippen LogP contribution in [0, 0.1) is 0 Å². The number of hydrogen-bond donors (Lipinski definition) is 1. The van der Waals surface area contributed by atoms with Crippen LogP contribution in [-0.4, -0.2) is 38.3 Å². The number of likely N-dealkylation sites (tertiary alicyclic amines) is 1. The third-order valence-corrected chi connectivity index (χ3v) is 3.60. The predicted molar refractivity (Wildman–Crippen MR) is 62.7 cm³/mol. The Balaban J connectivity index is 2.08. The minimum atomic E-state index is 0.500. The molecular weight excluding hydrogens is 202 g/mol. The van der Waals surface area contributed by atoms with Crippen molar-refractivity contribution in [3.8, 4) is 0 Å². The van der Waals surface area contributed by atoms with Crippen molar-refractivity contribution in [2.75, 3.05) is 6.54 Å². The lowest BCUT2D eigenvalue weighted by Crippen LogP contribution is -2.48. The molecule has 5 heteroatoms. The van der Waals surface area contributed by atoms with E-state index in [1.807, 2.05) is 11.7 Å². The van der Waals surface area contributed by atoms with Gasteiger partial charge in [0.2, 0.25) is 0 Å². The molecule has 0 aromatic carbocycles. The SMILES string of the molecule is CC1CCCC(CN)N1Cc1ncnn1C. The normalized spacial score (nSPS) is 27.2. The highest BCUT2D eigenvalue weighted by molar-refractivity contribution is 4.90. The van der Waals surface area contributed by atoms with Gasteiger partial charge in [-0.1, -0.05) is 6.42 Å². The van der Waals surface area contributed by atoms with E-state index in [1.165, 1.54) is 19.3 Å². The van der Waals surface area contributed by atoms with E-state index in [9.17, 15) is 0 Å². The number of aromatic nitrogens is 3. The first kappa shape index (κ1) is 11.5. The van der Waals surface area contributed by atoms with Crippen molar-refractivity contribution in [1.82, 2.24) is 19.7 Å². The second kappa shape index (κ2) is 4.93. The highest BCUT2D eigenvalue weighted by Crippen LogP contribution is 2.23. The number of rotatable bonds is 3. The van der Waals surface area contributed by atoms with Gasteiger partial charge in [-0.05, 0) is 19.8 Å². The van der Waals surface area contributed by atoms with E-state index in [1.54, 1.807) is 6.33 Å². The van der Waals surface area contributed by atoms with Crippen molar-refractivity contribution in [2.24, 2.45) is 12.8 Å². The zero-order valence-electron chi connectivity index (χ0n) is 10.1. The van der Waals surface area contributed by atoms with E-state index < -0.39 is 0 Å². The van der Waals surface area contributed by atoms with Crippen molar-refractivity contribution >= 4 is 0 Å². The molecule has 0 aliphatic carbocycles. The molecule has 16 heavy (non-hydrogen) atoms. The van der Waals surface area contributed by atoms with E-state index in [-0.39, 0.29) is 0 Å². The predicted octanol–water partition coefficient (Wildman–Crippen LogP) is 0.517. The Kier molecular flexibility index (Phi) is 3.56. The summed E-state index contributed by atoms with van der Waals surface area (Å²) in [4.78, 5) is 6.75. The van der Waals surface area contributed by atoms with Gasteiger partial charge in [0.05, 0.1) is 6.54 Å².